The molecule has 14 nitrogen and oxygen atoms in total. The van der Waals surface area contributed by atoms with Gasteiger partial charge in [0.15, 0.2) is 0 Å². The molecule has 45 heavy (non-hydrogen) atoms. The van der Waals surface area contributed by atoms with Crippen LogP contribution in [-0.4, -0.2) is 97.2 Å². The maximum absolute atomic E-state index is 13.3. The largest absolute Gasteiger partial charge is 0.481 e. The van der Waals surface area contributed by atoms with Gasteiger partial charge in [-0.1, -0.05) is 11.6 Å². The summed E-state index contributed by atoms with van der Waals surface area (Å²) in [5.74, 6) is -2.73. The van der Waals surface area contributed by atoms with Crippen LogP contribution in [0.3, 0.4) is 0 Å². The number of nitrogens with two attached hydrogens (primary N) is 1. The zero-order valence-corrected chi connectivity index (χ0v) is 25.9. The van der Waals surface area contributed by atoms with Crippen molar-refractivity contribution >= 4 is 70.0 Å². The van der Waals surface area contributed by atoms with Crippen LogP contribution in [0.4, 0.5) is 16.2 Å². The Bertz CT molecular complexity index is 1420. The molecule has 2 fully saturated rings. The highest BCUT2D eigenvalue weighted by Crippen LogP contribution is 2.27. The molecule has 2 atom stereocenters. The lowest BCUT2D eigenvalue weighted by Gasteiger charge is -2.27. The van der Waals surface area contributed by atoms with E-state index in [0.29, 0.717) is 41.7 Å². The summed E-state index contributed by atoms with van der Waals surface area (Å²) in [7, 11) is 0. The Morgan fingerprint density at radius 2 is 1.78 bits per heavy atom. The maximum atomic E-state index is 13.3. The smallest absolute Gasteiger partial charge is 0.414 e. The number of cyclic esters (lactones) is 1. The van der Waals surface area contributed by atoms with E-state index in [9.17, 15) is 28.8 Å². The van der Waals surface area contributed by atoms with Gasteiger partial charge in [0.25, 0.3) is 11.8 Å². The van der Waals surface area contributed by atoms with Crippen LogP contribution >= 0.6 is 22.9 Å². The van der Waals surface area contributed by atoms with Crippen molar-refractivity contribution in [2.45, 2.75) is 44.2 Å². The highest BCUT2D eigenvalue weighted by molar-refractivity contribution is 7.18. The number of unbranched alkanes of at least 4 members (excludes halogenated alkanes) is 1. The van der Waals surface area contributed by atoms with E-state index in [1.54, 1.807) is 35.2 Å². The molecule has 2 aliphatic heterocycles. The van der Waals surface area contributed by atoms with Gasteiger partial charge in [-0.25, -0.2) is 4.79 Å². The predicted molar refractivity (Wildman–Crippen MR) is 164 cm³/mol. The van der Waals surface area contributed by atoms with Crippen molar-refractivity contribution in [1.29, 1.82) is 0 Å². The maximum Gasteiger partial charge on any atom is 0.414 e. The van der Waals surface area contributed by atoms with Crippen LogP contribution in [0.2, 0.25) is 4.34 Å². The van der Waals surface area contributed by atoms with E-state index in [-0.39, 0.29) is 56.3 Å². The Balaban J connectivity index is 1.34. The minimum atomic E-state index is -1.04. The first kappa shape index (κ1) is 33.8. The molecule has 2 saturated heterocycles. The summed E-state index contributed by atoms with van der Waals surface area (Å²) in [6, 6.07) is 8.97. The lowest BCUT2D eigenvalue weighted by atomic mass is 10.1. The summed E-state index contributed by atoms with van der Waals surface area (Å²) in [6.07, 6.45) is -0.911. The number of hydrogen-bond donors (Lipinski definition) is 3. The summed E-state index contributed by atoms with van der Waals surface area (Å²) >= 11 is 7.05. The Morgan fingerprint density at radius 3 is 2.42 bits per heavy atom. The Kier molecular flexibility index (Phi) is 11.9. The van der Waals surface area contributed by atoms with Gasteiger partial charge in [0.1, 0.15) is 12.7 Å². The number of aliphatic carboxylic acids is 1. The average molecular weight is 664 g/mol. The molecule has 1 aromatic carbocycles. The van der Waals surface area contributed by atoms with Crippen molar-refractivity contribution in [1.82, 2.24) is 10.2 Å². The number of nitrogens with one attached hydrogen (secondary N) is 1. The Hall–Kier alpha value is -4.05. The third kappa shape index (κ3) is 9.23. The Labute approximate surface area is 268 Å². The van der Waals surface area contributed by atoms with Gasteiger partial charge in [0, 0.05) is 37.3 Å². The fourth-order valence-electron chi connectivity index (χ4n) is 4.78. The fourth-order valence-corrected chi connectivity index (χ4v) is 5.78. The molecule has 0 bridgehead atoms. The number of imide groups is 1. The molecule has 5 amide bonds. The first-order chi connectivity index (χ1) is 21.5. The number of morpholine rings is 1. The number of rotatable bonds is 14. The van der Waals surface area contributed by atoms with Crippen LogP contribution in [-0.2, 0) is 28.7 Å². The average Bonchev–Trinajstić information content (AvgIpc) is 3.63. The molecule has 2 aliphatic rings. The van der Waals surface area contributed by atoms with E-state index in [1.165, 1.54) is 11.0 Å². The van der Waals surface area contributed by atoms with Gasteiger partial charge >= 0.3 is 12.1 Å². The second-order valence-corrected chi connectivity index (χ2v) is 12.1. The van der Waals surface area contributed by atoms with Crippen LogP contribution in [0.1, 0.15) is 41.8 Å². The number of ether oxygens (including phenoxy) is 2. The molecule has 1 aromatic heterocycles. The minimum absolute atomic E-state index is 0.00733. The van der Waals surface area contributed by atoms with Crippen LogP contribution < -0.4 is 20.9 Å². The molecule has 16 heteroatoms. The summed E-state index contributed by atoms with van der Waals surface area (Å²) in [6.45, 7) is 0.998. The number of hydrogen-bond acceptors (Lipinski definition) is 10. The van der Waals surface area contributed by atoms with Crippen LogP contribution in [0, 0.1) is 0 Å². The zero-order chi connectivity index (χ0) is 32.5. The Morgan fingerprint density at radius 1 is 1.07 bits per heavy atom. The third-order valence-corrected chi connectivity index (χ3v) is 8.39. The van der Waals surface area contributed by atoms with Crippen molar-refractivity contribution in [3.63, 3.8) is 0 Å². The van der Waals surface area contributed by atoms with E-state index in [1.807, 2.05) is 0 Å². The van der Waals surface area contributed by atoms with Gasteiger partial charge in [0.2, 0.25) is 11.8 Å². The molecule has 0 unspecified atom stereocenters. The second-order valence-electron chi connectivity index (χ2n) is 10.4. The number of anilines is 2. The molecule has 242 valence electrons. The van der Waals surface area contributed by atoms with Gasteiger partial charge < -0.3 is 30.5 Å². The van der Waals surface area contributed by atoms with E-state index < -0.39 is 41.9 Å². The number of carbonyl (C=O) groups is 6. The van der Waals surface area contributed by atoms with Crippen LogP contribution in [0.15, 0.2) is 36.4 Å². The third-order valence-electron chi connectivity index (χ3n) is 7.17. The van der Waals surface area contributed by atoms with E-state index in [2.05, 4.69) is 5.32 Å². The summed E-state index contributed by atoms with van der Waals surface area (Å²) in [4.78, 5) is 78.6. The van der Waals surface area contributed by atoms with Crippen LogP contribution in [0.5, 0.6) is 0 Å². The van der Waals surface area contributed by atoms with E-state index >= 15 is 0 Å². The summed E-state index contributed by atoms with van der Waals surface area (Å²) < 4.78 is 11.1. The van der Waals surface area contributed by atoms with Crippen molar-refractivity contribution in [2.24, 2.45) is 5.73 Å². The molecule has 0 spiro atoms. The predicted octanol–water partition coefficient (Wildman–Crippen LogP) is 2.24. The minimum Gasteiger partial charge on any atom is -0.481 e. The topological polar surface area (TPSA) is 189 Å². The summed E-state index contributed by atoms with van der Waals surface area (Å²) in [5.41, 5.74) is 6.90. The highest BCUT2D eigenvalue weighted by atomic mass is 35.5. The first-order valence-electron chi connectivity index (χ1n) is 14.3. The molecule has 0 aliphatic carbocycles. The number of nitrogens with zero attached hydrogens (tertiary/aromatic N) is 3. The zero-order valence-electron chi connectivity index (χ0n) is 24.3. The van der Waals surface area contributed by atoms with Gasteiger partial charge in [-0.3, -0.25) is 33.8 Å². The number of carbonyl (C=O) groups excluding carboxylic acids is 5. The van der Waals surface area contributed by atoms with Gasteiger partial charge in [-0.2, -0.15) is 0 Å². The number of carboxylic acids is 1. The molecule has 0 saturated carbocycles. The highest BCUT2D eigenvalue weighted by Gasteiger charge is 2.36. The molecule has 4 rings (SSSR count). The molecular formula is C29H34ClN5O9S. The number of amides is 5. The van der Waals surface area contributed by atoms with Crippen molar-refractivity contribution < 1.29 is 43.3 Å². The van der Waals surface area contributed by atoms with Gasteiger partial charge in [-0.05, 0) is 55.7 Å². The number of carboxylic acid groups (broad SMARTS) is 1. The van der Waals surface area contributed by atoms with Crippen molar-refractivity contribution in [2.75, 3.05) is 49.2 Å². The van der Waals surface area contributed by atoms with Crippen LogP contribution in [0.25, 0.3) is 0 Å². The molecular weight excluding hydrogens is 630 g/mol. The molecule has 3 heterocycles. The second kappa shape index (κ2) is 15.8. The SMILES string of the molecule is N[C@@H](CCC(=O)O)C(=O)NCCCCC(=O)N(C[C@H]1CN(c2ccc(N3CCOCC3=O)cc2)C(=O)O1)C(=O)c1ccc(Cl)s1. The van der Waals surface area contributed by atoms with E-state index in [0.717, 1.165) is 16.2 Å². The lowest BCUT2D eigenvalue weighted by molar-refractivity contribution is -0.137. The first-order valence-corrected chi connectivity index (χ1v) is 15.5. The van der Waals surface area contributed by atoms with E-state index in [4.69, 9.17) is 31.9 Å². The van der Waals surface area contributed by atoms with Gasteiger partial charge in [-0.15, -0.1) is 11.3 Å². The lowest BCUT2D eigenvalue weighted by Crippen LogP contribution is -2.43. The van der Waals surface area contributed by atoms with Crippen molar-refractivity contribution in [3.05, 3.63) is 45.6 Å². The standard InChI is InChI=1S/C29H34ClN5O9S/c30-23-10-9-22(45-23)28(41)35(24(36)3-1-2-12-32-27(40)21(31)8-11-26(38)39)16-20-15-34(29(42)44-20)19-6-4-18(5-7-19)33-13-14-43-17-25(33)37/h4-7,9-10,20-21H,1-3,8,11-17,31H2,(H,32,40)(H,38,39)/t20-,21+/m1/s1. The van der Waals surface area contributed by atoms with Gasteiger partial charge in [0.05, 0.1) is 35.0 Å². The monoisotopic (exact) mass is 663 g/mol. The summed E-state index contributed by atoms with van der Waals surface area (Å²) in [5, 5.41) is 11.4. The number of benzene rings is 1. The quantitative estimate of drug-likeness (QED) is 0.253. The number of halogens is 1. The molecule has 0 radical (unpaired) electrons. The molecule has 2 aromatic rings. The number of thiophene rings is 1. The fraction of sp³-hybridized carbons (Fsp3) is 0.448. The van der Waals surface area contributed by atoms with Crippen molar-refractivity contribution in [3.8, 4) is 0 Å². The molecule has 4 N–H and O–H groups in total. The normalized spacial score (nSPS) is 17.2.